The first-order valence-electron chi connectivity index (χ1n) is 16.8. The Morgan fingerprint density at radius 2 is 1.52 bits per heavy atom. The summed E-state index contributed by atoms with van der Waals surface area (Å²) in [6.07, 6.45) is 11.2. The predicted molar refractivity (Wildman–Crippen MR) is 179 cm³/mol. The molecule has 0 N–H and O–H groups in total. The summed E-state index contributed by atoms with van der Waals surface area (Å²) in [4.78, 5) is 2.66. The summed E-state index contributed by atoms with van der Waals surface area (Å²) >= 11 is 0. The molecule has 0 amide bonds. The molecule has 3 atom stereocenters. The second-order valence-electron chi connectivity index (χ2n) is 14.4. The highest BCUT2D eigenvalue weighted by atomic mass is 15.6. The van der Waals surface area contributed by atoms with Gasteiger partial charge in [0.1, 0.15) is 6.17 Å². The Morgan fingerprint density at radius 1 is 0.786 bits per heavy atom. The third-order valence-electron chi connectivity index (χ3n) is 12.0. The minimum atomic E-state index is 0.0208. The lowest BCUT2D eigenvalue weighted by atomic mass is 9.51. The smallest absolute Gasteiger partial charge is 0.163 e. The maximum atomic E-state index is 5.55. The van der Waals surface area contributed by atoms with Crippen LogP contribution in [-0.4, -0.2) is 12.0 Å². The second-order valence-corrected chi connectivity index (χ2v) is 14.4. The van der Waals surface area contributed by atoms with Crippen molar-refractivity contribution >= 4 is 17.2 Å². The number of hydrogen-bond donors (Lipinski definition) is 0. The van der Waals surface area contributed by atoms with Crippen molar-refractivity contribution in [3.05, 3.63) is 82.4 Å². The quantitative estimate of drug-likeness (QED) is 0.243. The fourth-order valence-corrected chi connectivity index (χ4v) is 9.05. The number of anilines is 2. The van der Waals surface area contributed by atoms with Gasteiger partial charge in [-0.05, 0) is 72.4 Å². The first-order chi connectivity index (χ1) is 20.2. The molecular formula is C39H49N3. The molecule has 0 spiro atoms. The van der Waals surface area contributed by atoms with Gasteiger partial charge in [0.05, 0.1) is 11.4 Å². The van der Waals surface area contributed by atoms with Gasteiger partial charge in [0.15, 0.2) is 5.84 Å². The van der Waals surface area contributed by atoms with E-state index in [4.69, 9.17) is 5.10 Å². The van der Waals surface area contributed by atoms with Crippen LogP contribution in [0.1, 0.15) is 127 Å². The van der Waals surface area contributed by atoms with Gasteiger partial charge in [0.2, 0.25) is 0 Å². The monoisotopic (exact) mass is 559 g/mol. The molecule has 3 unspecified atom stereocenters. The third-order valence-corrected chi connectivity index (χ3v) is 12.0. The molecular weight excluding hydrogens is 510 g/mol. The lowest BCUT2D eigenvalue weighted by Crippen LogP contribution is -2.55. The highest BCUT2D eigenvalue weighted by molar-refractivity contribution is 6.23. The Balaban J connectivity index is 1.54. The zero-order valence-corrected chi connectivity index (χ0v) is 27.0. The molecule has 3 aromatic carbocycles. The zero-order chi connectivity index (χ0) is 29.4. The van der Waals surface area contributed by atoms with E-state index < -0.39 is 0 Å². The molecule has 7 rings (SSSR count). The van der Waals surface area contributed by atoms with Crippen LogP contribution in [0.5, 0.6) is 0 Å². The zero-order valence-electron chi connectivity index (χ0n) is 27.0. The van der Waals surface area contributed by atoms with Crippen LogP contribution >= 0.6 is 0 Å². The topological polar surface area (TPSA) is 18.8 Å². The first-order valence-corrected chi connectivity index (χ1v) is 16.8. The van der Waals surface area contributed by atoms with Crippen molar-refractivity contribution < 1.29 is 0 Å². The van der Waals surface area contributed by atoms with Crippen LogP contribution in [-0.2, 0) is 16.2 Å². The van der Waals surface area contributed by atoms with E-state index >= 15 is 0 Å². The summed E-state index contributed by atoms with van der Waals surface area (Å²) in [6.45, 7) is 16.9. The number of amidine groups is 1. The van der Waals surface area contributed by atoms with Gasteiger partial charge >= 0.3 is 0 Å². The Hall–Kier alpha value is -3.07. The van der Waals surface area contributed by atoms with Gasteiger partial charge in [-0.2, -0.15) is 5.10 Å². The number of rotatable bonds is 9. The van der Waals surface area contributed by atoms with E-state index in [9.17, 15) is 0 Å². The van der Waals surface area contributed by atoms with E-state index in [1.54, 1.807) is 5.56 Å². The van der Waals surface area contributed by atoms with Crippen molar-refractivity contribution in [2.24, 2.45) is 5.10 Å². The molecule has 220 valence electrons. The minimum absolute atomic E-state index is 0.0208. The van der Waals surface area contributed by atoms with Crippen LogP contribution in [0, 0.1) is 6.92 Å². The van der Waals surface area contributed by atoms with Crippen molar-refractivity contribution in [1.29, 1.82) is 0 Å². The number of nitrogens with zero attached hydrogens (tertiary/aromatic N) is 3. The number of aryl methyl sites for hydroxylation is 1. The van der Waals surface area contributed by atoms with Crippen LogP contribution in [0.25, 0.3) is 11.1 Å². The lowest BCUT2D eigenvalue weighted by molar-refractivity contribution is 0.245. The fraction of sp³-hybridized carbons (Fsp3) is 0.513. The SMILES string of the molecule is CCCCCC1(C)c2cccc3c2-c2c(ccc4c2N2C3=NN(c3ccc(C)cc3)C2CC4(CC)CCCC)C1(C)C. The minimum Gasteiger partial charge on any atom is -0.301 e. The van der Waals surface area contributed by atoms with E-state index in [1.165, 1.54) is 89.7 Å². The summed E-state index contributed by atoms with van der Waals surface area (Å²) in [5.74, 6) is 1.15. The molecule has 0 aromatic heterocycles. The van der Waals surface area contributed by atoms with Crippen molar-refractivity contribution in [2.75, 3.05) is 9.91 Å². The Kier molecular flexibility index (Phi) is 6.42. The number of hydrazone groups is 1. The molecule has 3 nitrogen and oxygen atoms in total. The lowest BCUT2D eigenvalue weighted by Gasteiger charge is -2.56. The van der Waals surface area contributed by atoms with Gasteiger partial charge in [-0.25, -0.2) is 5.01 Å². The van der Waals surface area contributed by atoms with Gasteiger partial charge in [0, 0.05) is 22.0 Å². The van der Waals surface area contributed by atoms with Crippen molar-refractivity contribution in [3.8, 4) is 11.1 Å². The molecule has 0 saturated carbocycles. The maximum absolute atomic E-state index is 5.55. The first kappa shape index (κ1) is 27.7. The van der Waals surface area contributed by atoms with E-state index in [0.29, 0.717) is 0 Å². The molecule has 3 aromatic rings. The summed E-state index contributed by atoms with van der Waals surface area (Å²) < 4.78 is 0. The molecule has 0 fully saturated rings. The standard InChI is InChI=1S/C39H49N3/c1-8-11-13-23-38(7)30-16-14-15-28-33(30)34-29(37(38,5)6)21-22-31-35(34)41-32(25-39(31,10-3)24-12-9-2)42(40-36(28)41)27-19-17-26(4)18-20-27/h14-22,32H,8-13,23-25H2,1-7H3. The van der Waals surface area contributed by atoms with Gasteiger partial charge in [-0.3, -0.25) is 0 Å². The summed E-state index contributed by atoms with van der Waals surface area (Å²) in [5, 5.41) is 7.92. The summed E-state index contributed by atoms with van der Waals surface area (Å²) in [6, 6.07) is 21.3. The van der Waals surface area contributed by atoms with Gasteiger partial charge in [0.25, 0.3) is 0 Å². The van der Waals surface area contributed by atoms with E-state index in [0.717, 1.165) is 18.7 Å². The fourth-order valence-electron chi connectivity index (χ4n) is 9.05. The molecule has 0 bridgehead atoms. The average molecular weight is 560 g/mol. The van der Waals surface area contributed by atoms with Crippen molar-refractivity contribution in [1.82, 2.24) is 0 Å². The van der Waals surface area contributed by atoms with Crippen LogP contribution in [0.2, 0.25) is 0 Å². The highest BCUT2D eigenvalue weighted by Gasteiger charge is 2.57. The molecule has 3 heterocycles. The maximum Gasteiger partial charge on any atom is 0.163 e. The third kappa shape index (κ3) is 3.55. The Labute approximate surface area is 254 Å². The van der Waals surface area contributed by atoms with Gasteiger partial charge in [-0.1, -0.05) is 122 Å². The number of unbranched alkanes of at least 4 members (excludes halogenated alkanes) is 3. The molecule has 3 heteroatoms. The van der Waals surface area contributed by atoms with Crippen molar-refractivity contribution in [2.45, 2.75) is 129 Å². The van der Waals surface area contributed by atoms with Crippen LogP contribution in [0.3, 0.4) is 0 Å². The predicted octanol–water partition coefficient (Wildman–Crippen LogP) is 10.4. The molecule has 4 aliphatic rings. The van der Waals surface area contributed by atoms with Crippen LogP contribution < -0.4 is 9.91 Å². The Morgan fingerprint density at radius 3 is 2.24 bits per heavy atom. The van der Waals surface area contributed by atoms with Crippen LogP contribution in [0.4, 0.5) is 11.4 Å². The van der Waals surface area contributed by atoms with E-state index in [-0.39, 0.29) is 22.4 Å². The molecule has 42 heavy (non-hydrogen) atoms. The average Bonchev–Trinajstić information content (AvgIpc) is 3.38. The number of fused-ring (bicyclic) bond motifs is 1. The second kappa shape index (κ2) is 9.73. The summed E-state index contributed by atoms with van der Waals surface area (Å²) in [7, 11) is 0. The van der Waals surface area contributed by atoms with E-state index in [1.807, 2.05) is 0 Å². The van der Waals surface area contributed by atoms with Crippen molar-refractivity contribution in [3.63, 3.8) is 0 Å². The number of benzene rings is 3. The molecule has 0 saturated heterocycles. The van der Waals surface area contributed by atoms with Crippen LogP contribution in [0.15, 0.2) is 59.7 Å². The highest BCUT2D eigenvalue weighted by Crippen LogP contribution is 2.64. The summed E-state index contributed by atoms with van der Waals surface area (Å²) in [5.41, 5.74) is 13.1. The number of hydrogen-bond acceptors (Lipinski definition) is 3. The molecule has 0 radical (unpaired) electrons. The van der Waals surface area contributed by atoms with Gasteiger partial charge in [-0.15, -0.1) is 0 Å². The molecule has 3 aliphatic heterocycles. The normalized spacial score (nSPS) is 25.9. The van der Waals surface area contributed by atoms with Gasteiger partial charge < -0.3 is 4.90 Å². The largest absolute Gasteiger partial charge is 0.301 e. The molecule has 1 aliphatic carbocycles. The van der Waals surface area contributed by atoms with E-state index in [2.05, 4.69) is 113 Å². The Bertz CT molecular complexity index is 1560.